The van der Waals surface area contributed by atoms with E-state index >= 15 is 0 Å². The zero-order chi connectivity index (χ0) is 20.5. The van der Waals surface area contributed by atoms with Crippen LogP contribution in [-0.4, -0.2) is 62.1 Å². The van der Waals surface area contributed by atoms with Gasteiger partial charge in [-0.25, -0.2) is 0 Å². The molecule has 2 fully saturated rings. The summed E-state index contributed by atoms with van der Waals surface area (Å²) in [5, 5.41) is 0. The number of rotatable bonds is 4. The molecular formula is C23H31N3O2S. The monoisotopic (exact) mass is 413 g/mol. The molecule has 4 rings (SSSR count). The second-order valence-electron chi connectivity index (χ2n) is 8.46. The van der Waals surface area contributed by atoms with Gasteiger partial charge in [0.25, 0.3) is 5.91 Å². The Balaban J connectivity index is 1.59. The third-order valence-corrected chi connectivity index (χ3v) is 7.56. The van der Waals surface area contributed by atoms with E-state index in [1.807, 2.05) is 11.8 Å². The van der Waals surface area contributed by atoms with Crippen molar-refractivity contribution < 1.29 is 9.53 Å². The van der Waals surface area contributed by atoms with Crippen molar-refractivity contribution in [2.24, 2.45) is 5.73 Å². The predicted molar refractivity (Wildman–Crippen MR) is 119 cm³/mol. The highest BCUT2D eigenvalue weighted by Crippen LogP contribution is 2.40. The molecule has 6 heteroatoms. The van der Waals surface area contributed by atoms with E-state index in [9.17, 15) is 4.79 Å². The Morgan fingerprint density at radius 2 is 1.93 bits per heavy atom. The molecule has 1 atom stereocenters. The number of carbonyl (C=O) groups excluding carboxylic acids is 1. The Morgan fingerprint density at radius 3 is 2.59 bits per heavy atom. The van der Waals surface area contributed by atoms with Gasteiger partial charge in [0.2, 0.25) is 0 Å². The van der Waals surface area contributed by atoms with Crippen molar-refractivity contribution in [3.05, 3.63) is 40.3 Å². The van der Waals surface area contributed by atoms with Crippen LogP contribution in [0.2, 0.25) is 0 Å². The van der Waals surface area contributed by atoms with E-state index in [1.165, 1.54) is 18.4 Å². The van der Waals surface area contributed by atoms with Crippen LogP contribution in [0.4, 0.5) is 0 Å². The van der Waals surface area contributed by atoms with Gasteiger partial charge in [0.05, 0.1) is 12.0 Å². The van der Waals surface area contributed by atoms with E-state index in [4.69, 9.17) is 10.5 Å². The molecule has 2 aliphatic heterocycles. The third-order valence-electron chi connectivity index (χ3n) is 6.30. The van der Waals surface area contributed by atoms with Crippen LogP contribution in [0.3, 0.4) is 0 Å². The van der Waals surface area contributed by atoms with Gasteiger partial charge in [0.15, 0.2) is 0 Å². The van der Waals surface area contributed by atoms with Gasteiger partial charge in [0.1, 0.15) is 5.75 Å². The molecule has 0 radical (unpaired) electrons. The van der Waals surface area contributed by atoms with Gasteiger partial charge in [-0.3, -0.25) is 4.79 Å². The molecule has 2 aromatic rings. The Morgan fingerprint density at radius 1 is 1.17 bits per heavy atom. The van der Waals surface area contributed by atoms with Crippen molar-refractivity contribution in [3.8, 4) is 16.2 Å². The average molecular weight is 414 g/mol. The number of aryl methyl sites for hydroxylation is 1. The highest BCUT2D eigenvalue weighted by molar-refractivity contribution is 7.17. The first-order chi connectivity index (χ1) is 14.0. The fourth-order valence-corrected chi connectivity index (χ4v) is 5.62. The minimum Gasteiger partial charge on any atom is -0.496 e. The van der Waals surface area contributed by atoms with Crippen LogP contribution in [0.5, 0.6) is 5.75 Å². The number of ether oxygens (including phenoxy) is 1. The number of amides is 1. The van der Waals surface area contributed by atoms with Crippen LogP contribution >= 0.6 is 11.3 Å². The second kappa shape index (κ2) is 8.46. The molecule has 2 aliphatic rings. The molecule has 2 N–H and O–H groups in total. The molecule has 1 amide bonds. The first-order valence-corrected chi connectivity index (χ1v) is 11.3. The predicted octanol–water partition coefficient (Wildman–Crippen LogP) is 3.71. The standard InChI is InChI=1S/C23H31N3O2S/c1-15-12-21(29-22(15)23(27)26-11-8-18(24)14-26)19-5-4-17(13-20(19)28-3)16-6-9-25(2)10-7-16/h4-5,12-13,16,18H,6-11,14,24H2,1-3H3/t18-/m0/s1. The zero-order valence-corrected chi connectivity index (χ0v) is 18.4. The summed E-state index contributed by atoms with van der Waals surface area (Å²) >= 11 is 1.56. The van der Waals surface area contributed by atoms with Crippen molar-refractivity contribution in [2.45, 2.75) is 38.1 Å². The molecule has 29 heavy (non-hydrogen) atoms. The number of nitrogens with two attached hydrogens (primary N) is 1. The first-order valence-electron chi connectivity index (χ1n) is 10.5. The fraction of sp³-hybridized carbons (Fsp3) is 0.522. The molecule has 0 bridgehead atoms. The van der Waals surface area contributed by atoms with Crippen molar-refractivity contribution in [1.82, 2.24) is 9.80 Å². The summed E-state index contributed by atoms with van der Waals surface area (Å²) in [5.41, 5.74) is 9.43. The lowest BCUT2D eigenvalue weighted by atomic mass is 9.89. The van der Waals surface area contributed by atoms with Gasteiger partial charge in [-0.15, -0.1) is 11.3 Å². The molecule has 0 unspecified atom stereocenters. The number of carbonyl (C=O) groups is 1. The summed E-state index contributed by atoms with van der Waals surface area (Å²) in [4.78, 5) is 19.1. The van der Waals surface area contributed by atoms with Crippen molar-refractivity contribution >= 4 is 17.2 Å². The van der Waals surface area contributed by atoms with Crippen molar-refractivity contribution in [2.75, 3.05) is 40.3 Å². The summed E-state index contributed by atoms with van der Waals surface area (Å²) in [6.07, 6.45) is 3.26. The Hall–Kier alpha value is -1.89. The van der Waals surface area contributed by atoms with E-state index < -0.39 is 0 Å². The van der Waals surface area contributed by atoms with Crippen molar-refractivity contribution in [1.29, 1.82) is 0 Å². The molecule has 0 aliphatic carbocycles. The maximum absolute atomic E-state index is 12.9. The van der Waals surface area contributed by atoms with Crippen LogP contribution in [0.25, 0.3) is 10.4 Å². The third kappa shape index (κ3) is 4.20. The van der Waals surface area contributed by atoms with Gasteiger partial charge in [0, 0.05) is 29.6 Å². The topological polar surface area (TPSA) is 58.8 Å². The lowest BCUT2D eigenvalue weighted by Gasteiger charge is -2.29. The summed E-state index contributed by atoms with van der Waals surface area (Å²) in [7, 11) is 3.92. The average Bonchev–Trinajstić information content (AvgIpc) is 3.33. The molecule has 3 heterocycles. The maximum Gasteiger partial charge on any atom is 0.264 e. The van der Waals surface area contributed by atoms with Gasteiger partial charge in [-0.05, 0) is 81.6 Å². The molecule has 0 spiro atoms. The fourth-order valence-electron chi connectivity index (χ4n) is 4.45. The van der Waals surface area contributed by atoms with Crippen LogP contribution in [-0.2, 0) is 0 Å². The van der Waals surface area contributed by atoms with Crippen LogP contribution in [0.1, 0.15) is 46.0 Å². The van der Waals surface area contributed by atoms with Gasteiger partial charge in [-0.1, -0.05) is 6.07 Å². The van der Waals surface area contributed by atoms with E-state index in [0.717, 1.165) is 52.7 Å². The number of nitrogens with zero attached hydrogens (tertiary/aromatic N) is 2. The summed E-state index contributed by atoms with van der Waals surface area (Å²) < 4.78 is 5.76. The second-order valence-corrected chi connectivity index (χ2v) is 9.51. The van der Waals surface area contributed by atoms with Crippen LogP contribution < -0.4 is 10.5 Å². The quantitative estimate of drug-likeness (QED) is 0.830. The Kier molecular flexibility index (Phi) is 5.95. The van der Waals surface area contributed by atoms with Gasteiger partial charge < -0.3 is 20.3 Å². The largest absolute Gasteiger partial charge is 0.496 e. The van der Waals surface area contributed by atoms with E-state index in [-0.39, 0.29) is 11.9 Å². The minimum absolute atomic E-state index is 0.103. The smallest absolute Gasteiger partial charge is 0.264 e. The van der Waals surface area contributed by atoms with Crippen LogP contribution in [0, 0.1) is 6.92 Å². The Bertz CT molecular complexity index is 886. The molecule has 1 aromatic carbocycles. The normalized spacial score (nSPS) is 21.0. The van der Waals surface area contributed by atoms with Gasteiger partial charge >= 0.3 is 0 Å². The lowest BCUT2D eigenvalue weighted by molar-refractivity contribution is 0.0795. The number of piperidine rings is 1. The number of hydrogen-bond acceptors (Lipinski definition) is 5. The highest BCUT2D eigenvalue weighted by atomic mass is 32.1. The number of thiophene rings is 1. The van der Waals surface area contributed by atoms with Gasteiger partial charge in [-0.2, -0.15) is 0 Å². The van der Waals surface area contributed by atoms with Crippen molar-refractivity contribution in [3.63, 3.8) is 0 Å². The zero-order valence-electron chi connectivity index (χ0n) is 17.6. The Labute approximate surface area is 177 Å². The number of hydrogen-bond donors (Lipinski definition) is 1. The van der Waals surface area contributed by atoms with E-state index in [0.29, 0.717) is 12.5 Å². The number of benzene rings is 1. The molecule has 5 nitrogen and oxygen atoms in total. The maximum atomic E-state index is 12.9. The van der Waals surface area contributed by atoms with E-state index in [1.54, 1.807) is 18.4 Å². The summed E-state index contributed by atoms with van der Waals surface area (Å²) in [6.45, 7) is 5.71. The summed E-state index contributed by atoms with van der Waals surface area (Å²) in [5.74, 6) is 1.59. The molecular weight excluding hydrogens is 382 g/mol. The first kappa shape index (κ1) is 20.4. The number of methoxy groups -OCH3 is 1. The van der Waals surface area contributed by atoms with Crippen LogP contribution in [0.15, 0.2) is 24.3 Å². The minimum atomic E-state index is 0.103. The summed E-state index contributed by atoms with van der Waals surface area (Å²) in [6, 6.07) is 8.82. The number of likely N-dealkylation sites (tertiary alicyclic amines) is 2. The molecule has 156 valence electrons. The highest BCUT2D eigenvalue weighted by Gasteiger charge is 2.27. The lowest BCUT2D eigenvalue weighted by Crippen LogP contribution is -2.31. The SMILES string of the molecule is COc1cc(C2CCN(C)CC2)ccc1-c1cc(C)c(C(=O)N2CC[C@H](N)C2)s1. The molecule has 1 aromatic heterocycles. The molecule has 2 saturated heterocycles. The molecule has 0 saturated carbocycles. The van der Waals surface area contributed by atoms with E-state index in [2.05, 4.69) is 36.2 Å².